The summed E-state index contributed by atoms with van der Waals surface area (Å²) >= 11 is 0. The number of hydrogen-bond donors (Lipinski definition) is 0. The van der Waals surface area contributed by atoms with Gasteiger partial charge in [-0.3, -0.25) is 0 Å². The highest BCUT2D eigenvalue weighted by atomic mass is 16.6. The largest absolute Gasteiger partial charge is 0.370 e. The van der Waals surface area contributed by atoms with E-state index in [1.807, 2.05) is 24.3 Å². The first-order valence-corrected chi connectivity index (χ1v) is 9.83. The molecule has 2 heterocycles. The molecule has 2 aliphatic rings. The monoisotopic (exact) mass is 386 g/mol. The van der Waals surface area contributed by atoms with Crippen molar-refractivity contribution >= 4 is 24.3 Å². The summed E-state index contributed by atoms with van der Waals surface area (Å²) in [5, 5.41) is 0. The molecule has 3 heteroatoms. The van der Waals surface area contributed by atoms with E-state index in [9.17, 15) is 0 Å². The van der Waals surface area contributed by atoms with E-state index in [0.29, 0.717) is 13.2 Å². The first-order valence-electron chi connectivity index (χ1n) is 9.83. The second-order valence-electron chi connectivity index (χ2n) is 7.40. The predicted molar refractivity (Wildman–Crippen MR) is 119 cm³/mol. The zero-order chi connectivity index (χ0) is 20.4. The molecule has 2 aromatic carbocycles. The van der Waals surface area contributed by atoms with Gasteiger partial charge in [0, 0.05) is 0 Å². The molecule has 0 aromatic heterocycles. The van der Waals surface area contributed by atoms with Crippen molar-refractivity contribution in [3.05, 3.63) is 96.1 Å². The molecule has 0 aliphatic carbocycles. The van der Waals surface area contributed by atoms with Gasteiger partial charge in [-0.1, -0.05) is 50.6 Å². The summed E-state index contributed by atoms with van der Waals surface area (Å²) in [6, 6.07) is 12.5. The fourth-order valence-corrected chi connectivity index (χ4v) is 3.58. The minimum Gasteiger partial charge on any atom is -0.370 e. The van der Waals surface area contributed by atoms with Crippen LogP contribution in [-0.4, -0.2) is 25.4 Å². The lowest BCUT2D eigenvalue weighted by atomic mass is 9.97. The Bertz CT molecular complexity index is 820. The fraction of sp³-hybridized carbons (Fsp3) is 0.231. The van der Waals surface area contributed by atoms with Crippen LogP contribution in [0.1, 0.15) is 45.6 Å². The van der Waals surface area contributed by atoms with E-state index in [4.69, 9.17) is 14.2 Å². The van der Waals surface area contributed by atoms with Gasteiger partial charge in [0.05, 0.1) is 13.2 Å². The van der Waals surface area contributed by atoms with E-state index < -0.39 is 0 Å². The molecule has 148 valence electrons. The van der Waals surface area contributed by atoms with Crippen LogP contribution in [0.15, 0.2) is 62.7 Å². The fourth-order valence-electron chi connectivity index (χ4n) is 3.58. The Morgan fingerprint density at radius 1 is 0.655 bits per heavy atom. The van der Waals surface area contributed by atoms with Crippen molar-refractivity contribution in [2.24, 2.45) is 0 Å². The van der Waals surface area contributed by atoms with Crippen LogP contribution >= 0.6 is 0 Å². The van der Waals surface area contributed by atoms with Gasteiger partial charge >= 0.3 is 0 Å². The van der Waals surface area contributed by atoms with Gasteiger partial charge in [0.25, 0.3) is 0 Å². The molecule has 2 fully saturated rings. The van der Waals surface area contributed by atoms with Gasteiger partial charge in [0.2, 0.25) is 0 Å². The highest BCUT2D eigenvalue weighted by molar-refractivity contribution is 5.59. The minimum absolute atomic E-state index is 0.0374. The van der Waals surface area contributed by atoms with E-state index in [0.717, 1.165) is 33.4 Å². The topological polar surface area (TPSA) is 34.3 Å². The van der Waals surface area contributed by atoms with Gasteiger partial charge in [0.15, 0.2) is 0 Å². The summed E-state index contributed by atoms with van der Waals surface area (Å²) in [6.45, 7) is 17.0. The Morgan fingerprint density at radius 3 is 1.21 bits per heavy atom. The molecule has 4 unspecified atom stereocenters. The normalized spacial score (nSPS) is 21.7. The Kier molecular flexibility index (Phi) is 5.63. The van der Waals surface area contributed by atoms with Crippen LogP contribution in [0.2, 0.25) is 0 Å². The smallest absolute Gasteiger partial charge is 0.112 e. The molecule has 29 heavy (non-hydrogen) atoms. The van der Waals surface area contributed by atoms with Crippen molar-refractivity contribution in [1.29, 1.82) is 0 Å². The third-order valence-corrected chi connectivity index (χ3v) is 5.29. The van der Waals surface area contributed by atoms with Crippen molar-refractivity contribution in [3.63, 3.8) is 0 Å². The summed E-state index contributed by atoms with van der Waals surface area (Å²) in [5.41, 5.74) is 6.27. The quantitative estimate of drug-likeness (QED) is 0.480. The maximum atomic E-state index is 6.68. The van der Waals surface area contributed by atoms with E-state index >= 15 is 0 Å². The molecule has 2 aromatic rings. The van der Waals surface area contributed by atoms with Crippen molar-refractivity contribution in [2.45, 2.75) is 24.4 Å². The standard InChI is InChI=1S/C26H26O3/c1-5-17-9-18(6-2)12-21(11-17)25(23-15-27-23)29-26(24-16-28-24)22-13-19(7-3)10-20(8-4)14-22/h5-14,23-26H,1-4,15-16H2. The maximum Gasteiger partial charge on any atom is 0.112 e. The summed E-state index contributed by atoms with van der Waals surface area (Å²) in [6.07, 6.45) is 7.05. The molecule has 4 atom stereocenters. The van der Waals surface area contributed by atoms with E-state index in [2.05, 4.69) is 62.7 Å². The van der Waals surface area contributed by atoms with Crippen molar-refractivity contribution < 1.29 is 14.2 Å². The molecule has 0 amide bonds. The number of benzene rings is 2. The highest BCUT2D eigenvalue weighted by Crippen LogP contribution is 2.41. The zero-order valence-corrected chi connectivity index (χ0v) is 16.6. The summed E-state index contributed by atoms with van der Waals surface area (Å²) < 4.78 is 18.0. The van der Waals surface area contributed by atoms with Gasteiger partial charge < -0.3 is 14.2 Å². The second-order valence-corrected chi connectivity index (χ2v) is 7.40. The summed E-state index contributed by atoms with van der Waals surface area (Å²) in [7, 11) is 0. The Balaban J connectivity index is 1.70. The van der Waals surface area contributed by atoms with Crippen LogP contribution in [0, 0.1) is 0 Å². The number of epoxide rings is 2. The highest BCUT2D eigenvalue weighted by Gasteiger charge is 2.42. The Hall–Kier alpha value is -2.72. The van der Waals surface area contributed by atoms with Crippen molar-refractivity contribution in [3.8, 4) is 0 Å². The zero-order valence-electron chi connectivity index (χ0n) is 16.6. The maximum absolute atomic E-state index is 6.68. The van der Waals surface area contributed by atoms with Gasteiger partial charge in [0.1, 0.15) is 24.4 Å². The van der Waals surface area contributed by atoms with Crippen LogP contribution < -0.4 is 0 Å². The molecule has 0 N–H and O–H groups in total. The molecule has 4 rings (SSSR count). The van der Waals surface area contributed by atoms with Crippen LogP contribution in [0.5, 0.6) is 0 Å². The third kappa shape index (κ3) is 4.48. The number of ether oxygens (including phenoxy) is 3. The van der Waals surface area contributed by atoms with Gasteiger partial charge in [-0.05, 0) is 69.8 Å². The van der Waals surface area contributed by atoms with Crippen LogP contribution in [-0.2, 0) is 14.2 Å². The number of rotatable bonds is 10. The summed E-state index contributed by atoms with van der Waals surface area (Å²) in [5.74, 6) is 0. The summed E-state index contributed by atoms with van der Waals surface area (Å²) in [4.78, 5) is 0. The van der Waals surface area contributed by atoms with E-state index in [-0.39, 0.29) is 24.4 Å². The van der Waals surface area contributed by atoms with E-state index in [1.165, 1.54) is 0 Å². The molecule has 0 radical (unpaired) electrons. The number of hydrogen-bond acceptors (Lipinski definition) is 3. The molecule has 0 bridgehead atoms. The van der Waals surface area contributed by atoms with Crippen LogP contribution in [0.3, 0.4) is 0 Å². The average Bonchev–Trinajstić information content (AvgIpc) is 3.67. The Labute approximate surface area is 172 Å². The van der Waals surface area contributed by atoms with Gasteiger partial charge in [-0.25, -0.2) is 0 Å². The van der Waals surface area contributed by atoms with Crippen LogP contribution in [0.25, 0.3) is 24.3 Å². The lowest BCUT2D eigenvalue weighted by Gasteiger charge is -2.25. The SMILES string of the molecule is C=Cc1cc(C=C)cc(C(OC(c2cc(C=C)cc(C=C)c2)C2CO2)C2CO2)c1. The van der Waals surface area contributed by atoms with Crippen molar-refractivity contribution in [2.75, 3.05) is 13.2 Å². The first-order chi connectivity index (χ1) is 14.1. The molecule has 2 saturated heterocycles. The molecule has 3 nitrogen and oxygen atoms in total. The second kappa shape index (κ2) is 8.34. The minimum atomic E-state index is -0.192. The third-order valence-electron chi connectivity index (χ3n) is 5.29. The molecule has 2 aliphatic heterocycles. The van der Waals surface area contributed by atoms with Crippen molar-refractivity contribution in [1.82, 2.24) is 0 Å². The molecular weight excluding hydrogens is 360 g/mol. The van der Waals surface area contributed by atoms with Gasteiger partial charge in [-0.2, -0.15) is 0 Å². The Morgan fingerprint density at radius 2 is 0.966 bits per heavy atom. The molecule has 0 spiro atoms. The lowest BCUT2D eigenvalue weighted by Crippen LogP contribution is -2.19. The predicted octanol–water partition coefficient (Wildman–Crippen LogP) is 5.86. The average molecular weight is 386 g/mol. The molecular formula is C26H26O3. The first kappa shape index (κ1) is 19.6. The molecule has 0 saturated carbocycles. The van der Waals surface area contributed by atoms with Gasteiger partial charge in [-0.15, -0.1) is 0 Å². The van der Waals surface area contributed by atoms with E-state index in [1.54, 1.807) is 0 Å². The lowest BCUT2D eigenvalue weighted by molar-refractivity contribution is -0.0419. The van der Waals surface area contributed by atoms with Crippen LogP contribution in [0.4, 0.5) is 0 Å².